The van der Waals surface area contributed by atoms with Crippen molar-refractivity contribution in [2.45, 2.75) is 209 Å². The lowest BCUT2D eigenvalue weighted by Crippen LogP contribution is -2.17. The number of methoxy groups -OCH3 is 1. The van der Waals surface area contributed by atoms with Gasteiger partial charge in [-0.3, -0.25) is 0 Å². The van der Waals surface area contributed by atoms with Gasteiger partial charge in [0, 0.05) is 43.1 Å². The van der Waals surface area contributed by atoms with Gasteiger partial charge in [-0.2, -0.15) is 5.26 Å². The van der Waals surface area contributed by atoms with Crippen LogP contribution < -0.4 is 4.74 Å². The molecule has 0 aliphatic rings. The van der Waals surface area contributed by atoms with E-state index >= 15 is 0 Å². The van der Waals surface area contributed by atoms with Crippen LogP contribution >= 0.6 is 0 Å². The number of ether oxygens (including phenoxy) is 1. The molecule has 13 rings (SSSR count). The van der Waals surface area contributed by atoms with Crippen LogP contribution in [-0.4, -0.2) is 25.4 Å². The first-order valence-electron chi connectivity index (χ1n) is 34.2. The number of rotatable bonds is 5. The number of nitrogens with zero attached hydrogens (tertiary/aromatic N) is 5. The summed E-state index contributed by atoms with van der Waals surface area (Å²) in [4.78, 5) is 0. The van der Waals surface area contributed by atoms with Crippen molar-refractivity contribution in [1.29, 1.82) is 5.26 Å². The van der Waals surface area contributed by atoms with E-state index in [1.165, 1.54) is 44.5 Å². The molecule has 0 amide bonds. The normalized spacial score (nSPS) is 13.6. The second-order valence-corrected chi connectivity index (χ2v) is 35.6. The van der Waals surface area contributed by atoms with Gasteiger partial charge in [0.25, 0.3) is 0 Å². The Balaban J connectivity index is 1.38. The molecule has 9 aromatic carbocycles. The zero-order chi connectivity index (χ0) is 68.0. The number of benzene rings is 9. The quantitative estimate of drug-likeness (QED) is 0.172. The maximum atomic E-state index is 13.4. The van der Waals surface area contributed by atoms with Crippen molar-refractivity contribution < 1.29 is 4.74 Å². The summed E-state index contributed by atoms with van der Waals surface area (Å²) in [5, 5.41) is 22.5. The van der Waals surface area contributed by atoms with Crippen molar-refractivity contribution in [3.63, 3.8) is 0 Å². The lowest BCUT2D eigenvalue weighted by molar-refractivity contribution is 0.411. The van der Waals surface area contributed by atoms with Gasteiger partial charge < -0.3 is 23.0 Å². The van der Waals surface area contributed by atoms with Gasteiger partial charge in [0.05, 0.1) is 62.6 Å². The Morgan fingerprint density at radius 1 is 0.245 bits per heavy atom. The van der Waals surface area contributed by atoms with Crippen molar-refractivity contribution in [3.8, 4) is 34.6 Å². The Labute approximate surface area is 559 Å². The molecule has 0 spiro atoms. The zero-order valence-electron chi connectivity index (χ0n) is 61.0. The van der Waals surface area contributed by atoms with Crippen LogP contribution in [-0.2, 0) is 43.3 Å². The molecule has 0 aliphatic heterocycles. The molecule has 0 saturated heterocycles. The summed E-state index contributed by atoms with van der Waals surface area (Å²) in [6.07, 6.45) is 0. The molecule has 4 aromatic heterocycles. The van der Waals surface area contributed by atoms with Crippen molar-refractivity contribution in [2.75, 3.05) is 7.11 Å². The van der Waals surface area contributed by atoms with Crippen molar-refractivity contribution in [1.82, 2.24) is 18.3 Å². The Morgan fingerprint density at radius 3 is 0.521 bits per heavy atom. The number of hydrogen-bond donors (Lipinski definition) is 0. The van der Waals surface area contributed by atoms with Crippen LogP contribution in [0.4, 0.5) is 0 Å². The number of hydrogen-bond acceptors (Lipinski definition) is 2. The largest absolute Gasteiger partial charge is 0.492 e. The molecule has 94 heavy (non-hydrogen) atoms. The summed E-state index contributed by atoms with van der Waals surface area (Å²) in [5.41, 5.74) is 20.5. The minimum Gasteiger partial charge on any atom is -0.492 e. The Hall–Kier alpha value is -8.53. The Morgan fingerprint density at radius 2 is 0.394 bits per heavy atom. The van der Waals surface area contributed by atoms with Crippen LogP contribution in [0.15, 0.2) is 146 Å². The maximum absolute atomic E-state index is 13.4. The summed E-state index contributed by atoms with van der Waals surface area (Å²) in [7, 11) is 1.86. The van der Waals surface area contributed by atoms with E-state index in [0.717, 1.165) is 110 Å². The predicted octanol–water partition coefficient (Wildman–Crippen LogP) is 24.3. The molecule has 0 saturated carbocycles. The number of aromatic nitrogens is 4. The highest BCUT2D eigenvalue weighted by atomic mass is 16.5. The Bertz CT molecular complexity index is 4750. The average Bonchev–Trinajstić information content (AvgIpc) is 1.47. The van der Waals surface area contributed by atoms with Gasteiger partial charge >= 0.3 is 0 Å². The van der Waals surface area contributed by atoms with E-state index in [-0.39, 0.29) is 43.3 Å². The van der Waals surface area contributed by atoms with Gasteiger partial charge in [-0.15, -0.1) is 0 Å². The van der Waals surface area contributed by atoms with Gasteiger partial charge in [-0.1, -0.05) is 215 Å². The second-order valence-electron chi connectivity index (χ2n) is 35.6. The number of nitriles is 1. The van der Waals surface area contributed by atoms with E-state index < -0.39 is 0 Å². The molecule has 6 nitrogen and oxygen atoms in total. The zero-order valence-corrected chi connectivity index (χ0v) is 61.0. The summed E-state index contributed by atoms with van der Waals surface area (Å²) >= 11 is 0. The van der Waals surface area contributed by atoms with E-state index in [0.29, 0.717) is 11.3 Å². The number of fused-ring (bicyclic) bond motifs is 12. The molecule has 4 heterocycles. The molecule has 0 atom stereocenters. The van der Waals surface area contributed by atoms with Gasteiger partial charge in [-0.05, 0) is 185 Å². The summed E-state index contributed by atoms with van der Waals surface area (Å²) in [6, 6.07) is 59.7. The standard InChI is InChI=1S/C88H99N5O/c1-81(2,3)51-26-34-68-59(42-51)60-43-52(82(4,5)6)27-35-69(60)90(68)76-67(50-89)77(91-70-36-28-53(83(7,8)9)44-61(70)62-45-54(84(10,11)12)29-37-71(62)91)79(93-74-40-32-57(87(19,20)21)48-65(74)66-49-58(88(22,23)24)33-41-75(66)93)80(94-25)78(76)92-72-38-30-55(85(13,14)15)46-63(72)64-47-56(86(16,17)18)31-39-73(64)92/h26-49H,1-25H3. The molecular weight excluding hydrogens is 1140 g/mol. The van der Waals surface area contributed by atoms with E-state index in [2.05, 4.69) is 336 Å². The topological polar surface area (TPSA) is 52.7 Å². The molecule has 482 valence electrons. The van der Waals surface area contributed by atoms with Crippen molar-refractivity contribution in [3.05, 3.63) is 196 Å². The highest BCUT2D eigenvalue weighted by molar-refractivity contribution is 6.16. The second kappa shape index (κ2) is 21.0. The summed E-state index contributed by atoms with van der Waals surface area (Å²) in [5.74, 6) is 0.640. The first-order valence-corrected chi connectivity index (χ1v) is 34.2. The molecule has 6 heteroatoms. The van der Waals surface area contributed by atoms with Crippen molar-refractivity contribution >= 4 is 87.2 Å². The van der Waals surface area contributed by atoms with Crippen molar-refractivity contribution in [2.24, 2.45) is 0 Å². The predicted molar refractivity (Wildman–Crippen MR) is 405 cm³/mol. The lowest BCUT2D eigenvalue weighted by Gasteiger charge is -2.28. The molecule has 0 aliphatic carbocycles. The molecule has 0 unspecified atom stereocenters. The molecule has 0 N–H and O–H groups in total. The smallest absolute Gasteiger partial charge is 0.171 e. The highest BCUT2D eigenvalue weighted by Crippen LogP contribution is 2.54. The first-order chi connectivity index (χ1) is 43.6. The molecular formula is C88H99N5O. The fourth-order valence-electron chi connectivity index (χ4n) is 14.6. The van der Waals surface area contributed by atoms with Gasteiger partial charge in [0.15, 0.2) is 5.75 Å². The minimum atomic E-state index is -0.147. The first kappa shape index (κ1) is 64.2. The van der Waals surface area contributed by atoms with Gasteiger partial charge in [-0.25, -0.2) is 0 Å². The third kappa shape index (κ3) is 10.2. The maximum Gasteiger partial charge on any atom is 0.171 e. The van der Waals surface area contributed by atoms with E-state index in [9.17, 15) is 5.26 Å². The van der Waals surface area contributed by atoms with Crippen LogP contribution in [0.25, 0.3) is 110 Å². The van der Waals surface area contributed by atoms with Crippen LogP contribution in [0.5, 0.6) is 5.75 Å². The Kier molecular flexibility index (Phi) is 14.3. The minimum absolute atomic E-state index is 0.142. The third-order valence-electron chi connectivity index (χ3n) is 20.6. The fourth-order valence-corrected chi connectivity index (χ4v) is 14.6. The van der Waals surface area contributed by atoms with Crippen LogP contribution in [0.1, 0.15) is 216 Å². The van der Waals surface area contributed by atoms with E-state index in [1.54, 1.807) is 0 Å². The SMILES string of the molecule is COc1c(-n2c3ccc(C(C)(C)C)cc3c3cc(C(C)(C)C)ccc32)c(-n2c3ccc(C(C)(C)C)cc3c3cc(C(C)(C)C)ccc32)c(C#N)c(-n2c3ccc(C(C)(C)C)cc3c3cc(C(C)(C)C)ccc32)c1-n1c2ccc(C(C)(C)C)cc2c2cc(C(C)(C)C)ccc21. The van der Waals surface area contributed by atoms with Crippen LogP contribution in [0.3, 0.4) is 0 Å². The average molecular weight is 1240 g/mol. The monoisotopic (exact) mass is 1240 g/mol. The molecule has 0 bridgehead atoms. The van der Waals surface area contributed by atoms with Crippen LogP contribution in [0, 0.1) is 11.3 Å². The molecule has 0 fully saturated rings. The van der Waals surface area contributed by atoms with E-state index in [4.69, 9.17) is 4.74 Å². The van der Waals surface area contributed by atoms with Gasteiger partial charge in [0.2, 0.25) is 0 Å². The summed E-state index contributed by atoms with van der Waals surface area (Å²) < 4.78 is 17.5. The lowest BCUT2D eigenvalue weighted by atomic mass is 9.85. The van der Waals surface area contributed by atoms with E-state index in [1.807, 2.05) is 7.11 Å². The molecule has 13 aromatic rings. The molecule has 0 radical (unpaired) electrons. The highest BCUT2D eigenvalue weighted by Gasteiger charge is 2.37. The summed E-state index contributed by atoms with van der Waals surface area (Å²) in [6.45, 7) is 55.3. The van der Waals surface area contributed by atoms with Gasteiger partial charge in [0.1, 0.15) is 23.0 Å². The third-order valence-corrected chi connectivity index (χ3v) is 20.6. The van der Waals surface area contributed by atoms with Crippen LogP contribution in [0.2, 0.25) is 0 Å². The fraction of sp³-hybridized carbons (Fsp3) is 0.375.